The van der Waals surface area contributed by atoms with Crippen LogP contribution in [0.25, 0.3) is 0 Å². The number of anilines is 2. The molecule has 0 fully saturated rings. The predicted molar refractivity (Wildman–Crippen MR) is 108 cm³/mol. The van der Waals surface area contributed by atoms with Crippen molar-refractivity contribution in [3.05, 3.63) is 83.6 Å². The highest BCUT2D eigenvalue weighted by molar-refractivity contribution is 5.92. The molecule has 3 aromatic rings. The molecule has 0 bridgehead atoms. The van der Waals surface area contributed by atoms with E-state index in [1.807, 2.05) is 18.2 Å². The lowest BCUT2D eigenvalue weighted by Gasteiger charge is -2.23. The first-order valence-electron chi connectivity index (χ1n) is 9.04. The molecule has 0 aliphatic carbocycles. The quantitative estimate of drug-likeness (QED) is 0.682. The van der Waals surface area contributed by atoms with Crippen LogP contribution in [0.2, 0.25) is 0 Å². The van der Waals surface area contributed by atoms with Crippen LogP contribution in [0.1, 0.15) is 42.4 Å². The number of aromatic nitrogens is 2. The van der Waals surface area contributed by atoms with Crippen molar-refractivity contribution in [3.63, 3.8) is 0 Å². The Labute approximate surface area is 164 Å². The summed E-state index contributed by atoms with van der Waals surface area (Å²) in [6.07, 6.45) is 2.97. The fraction of sp³-hybridized carbons (Fsp3) is 0.227. The van der Waals surface area contributed by atoms with Gasteiger partial charge in [-0.1, -0.05) is 51.1 Å². The molecule has 0 radical (unpaired) electrons. The molecule has 0 saturated carbocycles. The number of para-hydroxylation sites is 1. The summed E-state index contributed by atoms with van der Waals surface area (Å²) >= 11 is 0. The molecule has 144 valence electrons. The number of carbonyl (C=O) groups is 1. The third kappa shape index (κ3) is 4.91. The number of halogens is 1. The Bertz CT molecular complexity index is 948. The van der Waals surface area contributed by atoms with Gasteiger partial charge in [0.05, 0.1) is 12.4 Å². The Kier molecular flexibility index (Phi) is 5.68. The van der Waals surface area contributed by atoms with Gasteiger partial charge in [0, 0.05) is 12.2 Å². The smallest absolute Gasteiger partial charge is 0.271 e. The molecule has 3 rings (SSSR count). The van der Waals surface area contributed by atoms with Gasteiger partial charge in [-0.15, -0.1) is 0 Å². The molecule has 1 amide bonds. The van der Waals surface area contributed by atoms with Gasteiger partial charge in [0.25, 0.3) is 5.91 Å². The van der Waals surface area contributed by atoms with Gasteiger partial charge in [-0.2, -0.15) is 0 Å². The minimum atomic E-state index is -0.335. The minimum absolute atomic E-state index is 0.0167. The van der Waals surface area contributed by atoms with Crippen LogP contribution in [-0.4, -0.2) is 15.9 Å². The first kappa shape index (κ1) is 19.5. The minimum Gasteiger partial charge on any atom is -0.347 e. The molecule has 28 heavy (non-hydrogen) atoms. The predicted octanol–water partition coefficient (Wildman–Crippen LogP) is 4.59. The van der Waals surface area contributed by atoms with E-state index in [9.17, 15) is 9.18 Å². The zero-order valence-corrected chi connectivity index (χ0v) is 16.2. The van der Waals surface area contributed by atoms with Crippen molar-refractivity contribution in [2.24, 2.45) is 0 Å². The zero-order chi connectivity index (χ0) is 20.1. The van der Waals surface area contributed by atoms with Gasteiger partial charge in [-0.05, 0) is 34.7 Å². The fourth-order valence-corrected chi connectivity index (χ4v) is 2.77. The van der Waals surface area contributed by atoms with E-state index in [2.05, 4.69) is 47.4 Å². The van der Waals surface area contributed by atoms with Crippen molar-refractivity contribution in [2.45, 2.75) is 32.7 Å². The number of carbonyl (C=O) groups excluding carboxylic acids is 1. The molecule has 0 atom stereocenters. The highest BCUT2D eigenvalue weighted by Gasteiger charge is 2.17. The SMILES string of the molecule is CC(C)(C)c1ccccc1Nc1cnc(C(=O)NCc2ccc(F)cc2)cn1. The summed E-state index contributed by atoms with van der Waals surface area (Å²) in [5.41, 5.74) is 3.13. The molecule has 1 aromatic heterocycles. The second kappa shape index (κ2) is 8.17. The average Bonchev–Trinajstić information content (AvgIpc) is 2.67. The maximum atomic E-state index is 12.9. The largest absolute Gasteiger partial charge is 0.347 e. The number of amides is 1. The molecular formula is C22H23FN4O. The van der Waals surface area contributed by atoms with E-state index in [0.717, 1.165) is 16.8 Å². The Hall–Kier alpha value is -3.28. The van der Waals surface area contributed by atoms with Gasteiger partial charge in [-0.25, -0.2) is 14.4 Å². The van der Waals surface area contributed by atoms with Gasteiger partial charge >= 0.3 is 0 Å². The number of nitrogens with one attached hydrogen (secondary N) is 2. The van der Waals surface area contributed by atoms with Crippen LogP contribution in [-0.2, 0) is 12.0 Å². The second-order valence-corrected chi connectivity index (χ2v) is 7.52. The van der Waals surface area contributed by atoms with E-state index >= 15 is 0 Å². The van der Waals surface area contributed by atoms with Crippen LogP contribution in [0.3, 0.4) is 0 Å². The molecule has 6 heteroatoms. The number of rotatable bonds is 5. The molecule has 1 heterocycles. The van der Waals surface area contributed by atoms with Gasteiger partial charge in [0.1, 0.15) is 17.3 Å². The summed E-state index contributed by atoms with van der Waals surface area (Å²) < 4.78 is 12.9. The Balaban J connectivity index is 1.65. The van der Waals surface area contributed by atoms with Crippen molar-refractivity contribution in [3.8, 4) is 0 Å². The number of benzene rings is 2. The van der Waals surface area contributed by atoms with Gasteiger partial charge < -0.3 is 10.6 Å². The molecular weight excluding hydrogens is 355 g/mol. The molecule has 2 N–H and O–H groups in total. The van der Waals surface area contributed by atoms with Gasteiger partial charge in [0.2, 0.25) is 0 Å². The van der Waals surface area contributed by atoms with Crippen LogP contribution < -0.4 is 10.6 Å². The molecule has 0 unspecified atom stereocenters. The molecule has 0 aliphatic rings. The van der Waals surface area contributed by atoms with E-state index in [4.69, 9.17) is 0 Å². The average molecular weight is 378 g/mol. The van der Waals surface area contributed by atoms with E-state index in [1.165, 1.54) is 24.5 Å². The van der Waals surface area contributed by atoms with E-state index < -0.39 is 0 Å². The standard InChI is InChI=1S/C22H23FN4O/c1-22(2,3)17-6-4-5-7-18(17)27-20-14-24-19(13-25-20)21(28)26-12-15-8-10-16(23)11-9-15/h4-11,13-14H,12H2,1-3H3,(H,25,27)(H,26,28). The summed E-state index contributed by atoms with van der Waals surface area (Å²) in [4.78, 5) is 20.7. The van der Waals surface area contributed by atoms with Crippen LogP contribution in [0.5, 0.6) is 0 Å². The first-order valence-corrected chi connectivity index (χ1v) is 9.04. The van der Waals surface area contributed by atoms with E-state index in [-0.39, 0.29) is 22.8 Å². The summed E-state index contributed by atoms with van der Waals surface area (Å²) in [5, 5.41) is 6.02. The lowest BCUT2D eigenvalue weighted by atomic mass is 9.86. The van der Waals surface area contributed by atoms with Crippen molar-refractivity contribution in [1.29, 1.82) is 0 Å². The number of hydrogen-bond donors (Lipinski definition) is 2. The first-order chi connectivity index (χ1) is 13.3. The van der Waals surface area contributed by atoms with Crippen LogP contribution >= 0.6 is 0 Å². The monoisotopic (exact) mass is 378 g/mol. The number of hydrogen-bond acceptors (Lipinski definition) is 4. The molecule has 5 nitrogen and oxygen atoms in total. The molecule has 0 spiro atoms. The van der Waals surface area contributed by atoms with E-state index in [1.54, 1.807) is 12.1 Å². The zero-order valence-electron chi connectivity index (χ0n) is 16.2. The van der Waals surface area contributed by atoms with Crippen molar-refractivity contribution in [2.75, 3.05) is 5.32 Å². The summed E-state index contributed by atoms with van der Waals surface area (Å²) in [6.45, 7) is 6.73. The maximum Gasteiger partial charge on any atom is 0.271 e. The molecule has 0 aliphatic heterocycles. The van der Waals surface area contributed by atoms with Crippen molar-refractivity contribution in [1.82, 2.24) is 15.3 Å². The maximum absolute atomic E-state index is 12.9. The Morgan fingerprint density at radius 1 is 1.00 bits per heavy atom. The third-order valence-corrected chi connectivity index (χ3v) is 4.25. The van der Waals surface area contributed by atoms with Crippen molar-refractivity contribution < 1.29 is 9.18 Å². The van der Waals surface area contributed by atoms with Gasteiger partial charge in [-0.3, -0.25) is 4.79 Å². The topological polar surface area (TPSA) is 66.9 Å². The Morgan fingerprint density at radius 2 is 1.71 bits per heavy atom. The highest BCUT2D eigenvalue weighted by atomic mass is 19.1. The summed E-state index contributed by atoms with van der Waals surface area (Å²) in [6, 6.07) is 14.0. The van der Waals surface area contributed by atoms with Gasteiger partial charge in [0.15, 0.2) is 0 Å². The van der Waals surface area contributed by atoms with Crippen LogP contribution in [0.4, 0.5) is 15.9 Å². The Morgan fingerprint density at radius 3 is 2.36 bits per heavy atom. The lowest BCUT2D eigenvalue weighted by Crippen LogP contribution is -2.24. The lowest BCUT2D eigenvalue weighted by molar-refractivity contribution is 0.0945. The molecule has 2 aromatic carbocycles. The van der Waals surface area contributed by atoms with Crippen molar-refractivity contribution >= 4 is 17.4 Å². The summed E-state index contributed by atoms with van der Waals surface area (Å²) in [7, 11) is 0. The third-order valence-electron chi connectivity index (χ3n) is 4.25. The highest BCUT2D eigenvalue weighted by Crippen LogP contribution is 2.30. The molecule has 0 saturated heterocycles. The van der Waals surface area contributed by atoms with E-state index in [0.29, 0.717) is 12.4 Å². The van der Waals surface area contributed by atoms with Crippen LogP contribution in [0, 0.1) is 5.82 Å². The normalized spacial score (nSPS) is 11.1. The second-order valence-electron chi connectivity index (χ2n) is 7.52. The summed E-state index contributed by atoms with van der Waals surface area (Å²) in [5.74, 6) is -0.0812. The van der Waals surface area contributed by atoms with Crippen LogP contribution in [0.15, 0.2) is 60.9 Å². The number of nitrogens with zero attached hydrogens (tertiary/aromatic N) is 2. The fourth-order valence-electron chi connectivity index (χ4n) is 2.77.